The molecule has 0 unspecified atom stereocenters. The molecule has 4 nitrogen and oxygen atoms in total. The van der Waals surface area contributed by atoms with Crippen LogP contribution in [0.25, 0.3) is 0 Å². The van der Waals surface area contributed by atoms with Crippen LogP contribution in [0.5, 0.6) is 0 Å². The van der Waals surface area contributed by atoms with Crippen molar-refractivity contribution in [3.8, 4) is 0 Å². The average molecular weight is 417 g/mol. The summed E-state index contributed by atoms with van der Waals surface area (Å²) in [5.41, 5.74) is 0.982. The summed E-state index contributed by atoms with van der Waals surface area (Å²) in [5.74, 6) is 0.257. The molecule has 0 bridgehead atoms. The lowest BCUT2D eigenvalue weighted by molar-refractivity contribution is 0.0938. The van der Waals surface area contributed by atoms with Gasteiger partial charge in [-0.15, -0.1) is 11.3 Å². The minimum atomic E-state index is -0.174. The monoisotopic (exact) mass is 416 g/mol. The van der Waals surface area contributed by atoms with Crippen LogP contribution in [-0.2, 0) is 7.05 Å². The third-order valence-corrected chi connectivity index (χ3v) is 5.51. The fourth-order valence-corrected chi connectivity index (χ4v) is 3.69. The van der Waals surface area contributed by atoms with Gasteiger partial charge >= 0.3 is 0 Å². The van der Waals surface area contributed by atoms with Crippen LogP contribution in [0.15, 0.2) is 58.6 Å². The van der Waals surface area contributed by atoms with Gasteiger partial charge in [-0.1, -0.05) is 34.1 Å². The van der Waals surface area contributed by atoms with Gasteiger partial charge in [-0.25, -0.2) is 4.98 Å². The van der Waals surface area contributed by atoms with Gasteiger partial charge in [-0.3, -0.25) is 9.59 Å². The van der Waals surface area contributed by atoms with Crippen LogP contribution in [-0.4, -0.2) is 21.1 Å². The topological polar surface area (TPSA) is 52.0 Å². The number of hydrogen-bond acceptors (Lipinski definition) is 4. The number of halogens is 1. The summed E-state index contributed by atoms with van der Waals surface area (Å²) < 4.78 is 2.68. The number of rotatable bonds is 7. The normalized spacial score (nSPS) is 12.1. The minimum absolute atomic E-state index is 0.0561. The van der Waals surface area contributed by atoms with E-state index >= 15 is 0 Å². The van der Waals surface area contributed by atoms with E-state index in [9.17, 15) is 9.59 Å². The lowest BCUT2D eigenvalue weighted by atomic mass is 9.88. The Balaban J connectivity index is 1.83. The van der Waals surface area contributed by atoms with Gasteiger partial charge in [0.05, 0.1) is 4.88 Å². The molecule has 25 heavy (non-hydrogen) atoms. The predicted molar refractivity (Wildman–Crippen MR) is 102 cm³/mol. The van der Waals surface area contributed by atoms with E-state index in [1.165, 1.54) is 11.3 Å². The summed E-state index contributed by atoms with van der Waals surface area (Å²) in [6, 6.07) is 11.5. The smallest absolute Gasteiger partial charge is 0.198 e. The Hall–Kier alpha value is -2.05. The summed E-state index contributed by atoms with van der Waals surface area (Å²) in [6.45, 7) is 0. The Labute approximate surface area is 158 Å². The second kappa shape index (κ2) is 7.89. The Kier molecular flexibility index (Phi) is 5.60. The number of hydrogen-bond donors (Lipinski definition) is 0. The van der Waals surface area contributed by atoms with Crippen molar-refractivity contribution < 1.29 is 9.59 Å². The molecule has 2 heterocycles. The van der Waals surface area contributed by atoms with Crippen LogP contribution in [0.3, 0.4) is 0 Å². The number of aromatic nitrogens is 2. The zero-order valence-electron chi connectivity index (χ0n) is 13.7. The SMILES string of the molecule is Cn1ccnc1C(=O)C[C@@H](CC(=O)c1cccs1)c1ccc(Br)cc1. The van der Waals surface area contributed by atoms with Crippen molar-refractivity contribution >= 4 is 38.8 Å². The molecule has 0 N–H and O–H groups in total. The van der Waals surface area contributed by atoms with Crippen LogP contribution in [0.2, 0.25) is 0 Å². The fraction of sp³-hybridized carbons (Fsp3) is 0.211. The maximum atomic E-state index is 12.6. The van der Waals surface area contributed by atoms with Crippen molar-refractivity contribution in [2.24, 2.45) is 7.05 Å². The van der Waals surface area contributed by atoms with E-state index in [4.69, 9.17) is 0 Å². The molecule has 0 saturated heterocycles. The first-order valence-electron chi connectivity index (χ1n) is 7.87. The number of benzene rings is 1. The molecule has 0 spiro atoms. The maximum Gasteiger partial charge on any atom is 0.198 e. The van der Waals surface area contributed by atoms with Gasteiger partial charge in [0.15, 0.2) is 17.4 Å². The number of ketones is 2. The molecule has 0 aliphatic heterocycles. The summed E-state index contributed by atoms with van der Waals surface area (Å²) in [5, 5.41) is 1.89. The molecule has 128 valence electrons. The number of nitrogens with zero attached hydrogens (tertiary/aromatic N) is 2. The van der Waals surface area contributed by atoms with Gasteiger partial charge in [0.25, 0.3) is 0 Å². The van der Waals surface area contributed by atoms with Crippen molar-refractivity contribution in [2.75, 3.05) is 0 Å². The molecule has 0 radical (unpaired) electrons. The Morgan fingerprint density at radius 3 is 2.48 bits per heavy atom. The second-order valence-corrected chi connectivity index (χ2v) is 7.71. The summed E-state index contributed by atoms with van der Waals surface area (Å²) in [7, 11) is 1.80. The molecular weight excluding hydrogens is 400 g/mol. The largest absolute Gasteiger partial charge is 0.332 e. The Bertz CT molecular complexity index is 869. The van der Waals surface area contributed by atoms with Gasteiger partial charge < -0.3 is 4.57 Å². The highest BCUT2D eigenvalue weighted by Gasteiger charge is 2.23. The first-order chi connectivity index (χ1) is 12.0. The van der Waals surface area contributed by atoms with Gasteiger partial charge in [0, 0.05) is 36.8 Å². The van der Waals surface area contributed by atoms with E-state index in [1.807, 2.05) is 41.8 Å². The number of Topliss-reactive ketones (excluding diaryl/α,β-unsaturated/α-hetero) is 2. The van der Waals surface area contributed by atoms with Crippen molar-refractivity contribution in [2.45, 2.75) is 18.8 Å². The van der Waals surface area contributed by atoms with Gasteiger partial charge in [0.2, 0.25) is 0 Å². The zero-order valence-corrected chi connectivity index (χ0v) is 16.1. The Morgan fingerprint density at radius 2 is 1.88 bits per heavy atom. The van der Waals surface area contributed by atoms with Crippen molar-refractivity contribution in [3.05, 3.63) is 74.9 Å². The quantitative estimate of drug-likeness (QED) is 0.516. The van der Waals surface area contributed by atoms with Gasteiger partial charge in [0.1, 0.15) is 0 Å². The van der Waals surface area contributed by atoms with E-state index < -0.39 is 0 Å². The van der Waals surface area contributed by atoms with E-state index in [2.05, 4.69) is 20.9 Å². The summed E-state index contributed by atoms with van der Waals surface area (Å²) in [6.07, 6.45) is 3.92. The van der Waals surface area contributed by atoms with E-state index in [0.29, 0.717) is 12.2 Å². The highest BCUT2D eigenvalue weighted by Crippen LogP contribution is 2.29. The summed E-state index contributed by atoms with van der Waals surface area (Å²) >= 11 is 4.85. The average Bonchev–Trinajstić information content (AvgIpc) is 3.26. The lowest BCUT2D eigenvalue weighted by Gasteiger charge is -2.16. The summed E-state index contributed by atoms with van der Waals surface area (Å²) in [4.78, 5) is 30.1. The number of carbonyl (C=O) groups excluding carboxylic acids is 2. The maximum absolute atomic E-state index is 12.6. The van der Waals surface area contributed by atoms with Crippen LogP contribution in [0, 0.1) is 0 Å². The molecule has 3 aromatic rings. The number of imidazole rings is 1. The third-order valence-electron chi connectivity index (χ3n) is 4.07. The molecule has 0 fully saturated rings. The standard InChI is InChI=1S/C19H17BrN2O2S/c1-22-9-8-21-19(22)17(24)12-14(13-4-6-15(20)7-5-13)11-16(23)18-3-2-10-25-18/h2-10,14H,11-12H2,1H3/t14-/m1/s1. The molecule has 0 aliphatic carbocycles. The highest BCUT2D eigenvalue weighted by molar-refractivity contribution is 9.10. The molecule has 0 aliphatic rings. The molecule has 3 rings (SSSR count). The molecular formula is C19H17BrN2O2S. The number of carbonyl (C=O) groups is 2. The molecule has 2 aromatic heterocycles. The van der Waals surface area contributed by atoms with Crippen LogP contribution in [0.4, 0.5) is 0 Å². The second-order valence-electron chi connectivity index (χ2n) is 5.84. The fourth-order valence-electron chi connectivity index (χ4n) is 2.75. The van der Waals surface area contributed by atoms with Crippen LogP contribution in [0.1, 0.15) is 44.6 Å². The first-order valence-corrected chi connectivity index (χ1v) is 9.54. The Morgan fingerprint density at radius 1 is 1.16 bits per heavy atom. The molecule has 0 saturated carbocycles. The van der Waals surface area contributed by atoms with Crippen LogP contribution < -0.4 is 0 Å². The first kappa shape index (κ1) is 17.8. The van der Waals surface area contributed by atoms with Gasteiger partial charge in [-0.05, 0) is 35.1 Å². The van der Waals surface area contributed by atoms with Crippen LogP contribution >= 0.6 is 27.3 Å². The third kappa shape index (κ3) is 4.32. The van der Waals surface area contributed by atoms with E-state index in [-0.39, 0.29) is 23.9 Å². The van der Waals surface area contributed by atoms with Crippen molar-refractivity contribution in [1.82, 2.24) is 9.55 Å². The lowest BCUT2D eigenvalue weighted by Crippen LogP contribution is -2.15. The molecule has 1 atom stereocenters. The predicted octanol–water partition coefficient (Wildman–Crippen LogP) is 4.87. The van der Waals surface area contributed by atoms with E-state index in [0.717, 1.165) is 14.9 Å². The molecule has 0 amide bonds. The zero-order chi connectivity index (χ0) is 17.8. The highest BCUT2D eigenvalue weighted by atomic mass is 79.9. The molecule has 6 heteroatoms. The number of thiophene rings is 1. The number of aryl methyl sites for hydroxylation is 1. The minimum Gasteiger partial charge on any atom is -0.332 e. The van der Waals surface area contributed by atoms with Gasteiger partial charge in [-0.2, -0.15) is 0 Å². The molecule has 1 aromatic carbocycles. The van der Waals surface area contributed by atoms with Crippen molar-refractivity contribution in [3.63, 3.8) is 0 Å². The van der Waals surface area contributed by atoms with Crippen molar-refractivity contribution in [1.29, 1.82) is 0 Å². The van der Waals surface area contributed by atoms with E-state index in [1.54, 1.807) is 24.0 Å².